The van der Waals surface area contributed by atoms with Gasteiger partial charge in [0, 0.05) is 36.0 Å². The molecule has 3 aromatic rings. The Morgan fingerprint density at radius 3 is 2.59 bits per heavy atom. The Kier molecular flexibility index (Phi) is 8.19. The smallest absolute Gasteiger partial charge is 0.269 e. The van der Waals surface area contributed by atoms with E-state index in [-0.39, 0.29) is 40.1 Å². The maximum absolute atomic E-state index is 13.9. The van der Waals surface area contributed by atoms with E-state index in [9.17, 15) is 28.6 Å². The summed E-state index contributed by atoms with van der Waals surface area (Å²) in [5, 5.41) is 21.8. The topological polar surface area (TPSA) is 101 Å². The molecule has 0 spiro atoms. The molecule has 0 saturated carbocycles. The lowest BCUT2D eigenvalue weighted by Gasteiger charge is -2.17. The molecule has 0 radical (unpaired) electrons. The Morgan fingerprint density at radius 1 is 1.21 bits per heavy atom. The van der Waals surface area contributed by atoms with Gasteiger partial charge in [-0.2, -0.15) is 0 Å². The minimum absolute atomic E-state index is 0.121. The number of pyridine rings is 1. The highest BCUT2D eigenvalue weighted by Gasteiger charge is 2.18. The lowest BCUT2D eigenvalue weighted by Crippen LogP contribution is -2.25. The van der Waals surface area contributed by atoms with Crippen LogP contribution in [0.2, 0.25) is 0 Å². The van der Waals surface area contributed by atoms with Crippen molar-refractivity contribution in [1.29, 1.82) is 0 Å². The van der Waals surface area contributed by atoms with E-state index in [2.05, 4.69) is 21.2 Å². The summed E-state index contributed by atoms with van der Waals surface area (Å²) in [4.78, 5) is 25.3. The highest BCUT2D eigenvalue weighted by molar-refractivity contribution is 9.10. The van der Waals surface area contributed by atoms with E-state index in [1.54, 1.807) is 25.1 Å². The quantitative estimate of drug-likeness (QED) is 0.410. The highest BCUT2D eigenvalue weighted by Crippen LogP contribution is 2.25. The van der Waals surface area contributed by atoms with Crippen LogP contribution in [0.15, 0.2) is 51.7 Å². The Bertz CT molecular complexity index is 1280. The number of aryl methyl sites for hydroxylation is 1. The molecule has 0 saturated heterocycles. The molecular weight excluding hydrogens is 514 g/mol. The number of aromatic nitrogens is 1. The van der Waals surface area contributed by atoms with Crippen molar-refractivity contribution >= 4 is 21.8 Å². The second-order valence-electron chi connectivity index (χ2n) is 7.58. The van der Waals surface area contributed by atoms with Crippen LogP contribution in [0.3, 0.4) is 0 Å². The molecule has 7 nitrogen and oxygen atoms in total. The zero-order chi connectivity index (χ0) is 25.0. The minimum Gasteiger partial charge on any atom is -0.487 e. The minimum atomic E-state index is -1.22. The van der Waals surface area contributed by atoms with E-state index in [4.69, 9.17) is 4.74 Å². The molecule has 0 bridgehead atoms. The monoisotopic (exact) mass is 536 g/mol. The van der Waals surface area contributed by atoms with Crippen LogP contribution in [0.1, 0.15) is 38.8 Å². The maximum Gasteiger partial charge on any atom is 0.269 e. The first-order valence-electron chi connectivity index (χ1n) is 10.3. The van der Waals surface area contributed by atoms with Crippen LogP contribution in [-0.4, -0.2) is 34.3 Å². The van der Waals surface area contributed by atoms with Gasteiger partial charge in [-0.25, -0.2) is 8.78 Å². The molecule has 3 N–H and O–H groups in total. The third-order valence-electron chi connectivity index (χ3n) is 5.28. The SMILES string of the molecule is CNC(=O)c1cc(Cn2c(C)cc(OCc3ccc(F)cc3F)c(Br)c2=O)ccc1C(O)CO. The number of benzene rings is 2. The number of rotatable bonds is 8. The van der Waals surface area contributed by atoms with Gasteiger partial charge in [-0.05, 0) is 52.2 Å². The Balaban J connectivity index is 1.89. The van der Waals surface area contributed by atoms with Gasteiger partial charge in [0.1, 0.15) is 34.6 Å². The molecule has 34 heavy (non-hydrogen) atoms. The normalized spacial score (nSPS) is 11.9. The van der Waals surface area contributed by atoms with Crippen LogP contribution in [0.4, 0.5) is 8.78 Å². The van der Waals surface area contributed by atoms with Gasteiger partial charge in [0.25, 0.3) is 11.5 Å². The molecule has 1 aromatic heterocycles. The summed E-state index contributed by atoms with van der Waals surface area (Å²) in [6, 6.07) is 9.50. The Morgan fingerprint density at radius 2 is 1.94 bits per heavy atom. The zero-order valence-electron chi connectivity index (χ0n) is 18.4. The van der Waals surface area contributed by atoms with Gasteiger partial charge in [-0.15, -0.1) is 0 Å². The lowest BCUT2D eigenvalue weighted by atomic mass is 9.99. The van der Waals surface area contributed by atoms with Crippen molar-refractivity contribution in [3.05, 3.63) is 96.9 Å². The molecule has 1 unspecified atom stereocenters. The summed E-state index contributed by atoms with van der Waals surface area (Å²) in [5.41, 5.74) is 1.35. The van der Waals surface area contributed by atoms with Crippen LogP contribution in [0.25, 0.3) is 0 Å². The summed E-state index contributed by atoms with van der Waals surface area (Å²) in [6.07, 6.45) is -1.22. The van der Waals surface area contributed by atoms with Gasteiger partial charge in [-0.3, -0.25) is 9.59 Å². The average Bonchev–Trinajstić information content (AvgIpc) is 2.83. The van der Waals surface area contributed by atoms with E-state index < -0.39 is 35.8 Å². The first kappa shape index (κ1) is 25.5. The summed E-state index contributed by atoms with van der Waals surface area (Å²) >= 11 is 3.23. The zero-order valence-corrected chi connectivity index (χ0v) is 20.0. The fourth-order valence-electron chi connectivity index (χ4n) is 3.42. The molecule has 1 heterocycles. The Labute approximate surface area is 202 Å². The van der Waals surface area contributed by atoms with E-state index in [1.807, 2.05) is 0 Å². The standard InChI is InChI=1S/C24H23BrF2N2O5/c1-13-7-21(34-12-15-4-5-16(26)9-19(15)27)22(25)24(33)29(13)10-14-3-6-17(20(31)11-30)18(8-14)23(32)28-2/h3-9,20,30-31H,10-12H2,1-2H3,(H,28,32). The van der Waals surface area contributed by atoms with Crippen LogP contribution in [0, 0.1) is 18.6 Å². The van der Waals surface area contributed by atoms with Crippen molar-refractivity contribution in [2.75, 3.05) is 13.7 Å². The molecule has 0 aliphatic heterocycles. The summed E-state index contributed by atoms with van der Waals surface area (Å²) < 4.78 is 34.2. The first-order valence-corrected chi connectivity index (χ1v) is 11.1. The van der Waals surface area contributed by atoms with E-state index in [1.165, 1.54) is 23.7 Å². The number of aliphatic hydroxyl groups is 2. The number of amides is 1. The average molecular weight is 537 g/mol. The predicted molar refractivity (Wildman–Crippen MR) is 125 cm³/mol. The number of hydrogen-bond acceptors (Lipinski definition) is 5. The third kappa shape index (κ3) is 5.52. The van der Waals surface area contributed by atoms with Gasteiger partial charge >= 0.3 is 0 Å². The Hall–Kier alpha value is -3.08. The van der Waals surface area contributed by atoms with Crippen LogP contribution in [0.5, 0.6) is 5.75 Å². The van der Waals surface area contributed by atoms with Crippen molar-refractivity contribution in [3.8, 4) is 5.75 Å². The predicted octanol–water partition coefficient (Wildman–Crippen LogP) is 3.21. The number of ether oxygens (including phenoxy) is 1. The van der Waals surface area contributed by atoms with Gasteiger partial charge in [0.05, 0.1) is 13.2 Å². The number of nitrogens with one attached hydrogen (secondary N) is 1. The molecular formula is C24H23BrF2N2O5. The molecule has 0 aliphatic rings. The lowest BCUT2D eigenvalue weighted by molar-refractivity contribution is 0.0889. The van der Waals surface area contributed by atoms with E-state index in [0.29, 0.717) is 11.3 Å². The summed E-state index contributed by atoms with van der Waals surface area (Å²) in [6.45, 7) is 1.08. The molecule has 0 fully saturated rings. The molecule has 1 amide bonds. The number of aliphatic hydroxyl groups excluding tert-OH is 2. The number of carbonyl (C=O) groups is 1. The van der Waals surface area contributed by atoms with Crippen molar-refractivity contribution in [2.45, 2.75) is 26.2 Å². The largest absolute Gasteiger partial charge is 0.487 e. The second kappa shape index (κ2) is 10.9. The molecule has 3 rings (SSSR count). The summed E-state index contributed by atoms with van der Waals surface area (Å²) in [7, 11) is 1.45. The van der Waals surface area contributed by atoms with Gasteiger partial charge in [0.2, 0.25) is 0 Å². The number of halogens is 3. The fraction of sp³-hybridized carbons (Fsp3) is 0.250. The van der Waals surface area contributed by atoms with Crippen molar-refractivity contribution in [3.63, 3.8) is 0 Å². The number of hydrogen-bond donors (Lipinski definition) is 3. The highest BCUT2D eigenvalue weighted by atomic mass is 79.9. The van der Waals surface area contributed by atoms with Gasteiger partial charge < -0.3 is 24.8 Å². The fourth-order valence-corrected chi connectivity index (χ4v) is 3.86. The van der Waals surface area contributed by atoms with Gasteiger partial charge in [0.15, 0.2) is 0 Å². The molecule has 180 valence electrons. The van der Waals surface area contributed by atoms with Crippen molar-refractivity contribution in [1.82, 2.24) is 9.88 Å². The van der Waals surface area contributed by atoms with E-state index >= 15 is 0 Å². The van der Waals surface area contributed by atoms with Crippen molar-refractivity contribution < 1.29 is 28.5 Å². The molecule has 1 atom stereocenters. The van der Waals surface area contributed by atoms with Crippen LogP contribution < -0.4 is 15.6 Å². The molecule has 2 aromatic carbocycles. The summed E-state index contributed by atoms with van der Waals surface area (Å²) in [5.74, 6) is -1.68. The number of carbonyl (C=O) groups excluding carboxylic acids is 1. The van der Waals surface area contributed by atoms with E-state index in [0.717, 1.165) is 12.1 Å². The molecule has 0 aliphatic carbocycles. The van der Waals surface area contributed by atoms with Crippen LogP contribution >= 0.6 is 15.9 Å². The third-order valence-corrected chi connectivity index (χ3v) is 6.01. The second-order valence-corrected chi connectivity index (χ2v) is 8.37. The van der Waals surface area contributed by atoms with Gasteiger partial charge in [-0.1, -0.05) is 12.1 Å². The first-order chi connectivity index (χ1) is 16.2. The van der Waals surface area contributed by atoms with Crippen LogP contribution in [-0.2, 0) is 13.2 Å². The molecule has 10 heteroatoms. The van der Waals surface area contributed by atoms with Crippen molar-refractivity contribution in [2.24, 2.45) is 0 Å². The maximum atomic E-state index is 13.9. The number of nitrogens with zero attached hydrogens (tertiary/aromatic N) is 1.